The van der Waals surface area contributed by atoms with Crippen molar-refractivity contribution in [3.8, 4) is 0 Å². The Hall–Kier alpha value is -0.790. The molecule has 2 atom stereocenters. The molecule has 0 aliphatic heterocycles. The fourth-order valence-electron chi connectivity index (χ4n) is 1.80. The molecular formula is C15H32N4O2S. The maximum Gasteiger partial charge on any atom is 0.240 e. The van der Waals surface area contributed by atoms with Gasteiger partial charge in [0.05, 0.1) is 0 Å². The summed E-state index contributed by atoms with van der Waals surface area (Å²) in [5.74, 6) is 0.440. The van der Waals surface area contributed by atoms with Crippen LogP contribution in [0, 0.1) is 5.92 Å². The van der Waals surface area contributed by atoms with Crippen LogP contribution in [-0.4, -0.2) is 41.4 Å². The number of primary amides is 1. The summed E-state index contributed by atoms with van der Waals surface area (Å²) in [7, 11) is 0. The highest BCUT2D eigenvalue weighted by atomic mass is 32.2. The molecule has 0 aromatic carbocycles. The van der Waals surface area contributed by atoms with Crippen molar-refractivity contribution in [2.24, 2.45) is 11.7 Å². The van der Waals surface area contributed by atoms with E-state index >= 15 is 0 Å². The number of nitrogens with one attached hydrogen (secondary N) is 3. The Bertz CT molecular complexity index is 356. The molecular weight excluding hydrogens is 300 g/mol. The number of amides is 2. The largest absolute Gasteiger partial charge is 0.368 e. The van der Waals surface area contributed by atoms with Gasteiger partial charge in [-0.15, -0.1) is 0 Å². The average Bonchev–Trinajstić information content (AvgIpc) is 2.35. The monoisotopic (exact) mass is 332 g/mol. The molecule has 0 rings (SSSR count). The lowest BCUT2D eigenvalue weighted by Crippen LogP contribution is -2.58. The number of thioether (sulfide) groups is 1. The Morgan fingerprint density at radius 3 is 2.18 bits per heavy atom. The maximum atomic E-state index is 12.4. The van der Waals surface area contributed by atoms with E-state index in [-0.39, 0.29) is 17.4 Å². The van der Waals surface area contributed by atoms with Crippen molar-refractivity contribution in [2.45, 2.75) is 65.1 Å². The van der Waals surface area contributed by atoms with Crippen molar-refractivity contribution in [2.75, 3.05) is 12.0 Å². The molecule has 7 heteroatoms. The van der Waals surface area contributed by atoms with E-state index in [4.69, 9.17) is 5.73 Å². The van der Waals surface area contributed by atoms with Crippen molar-refractivity contribution in [1.29, 1.82) is 0 Å². The first-order valence-corrected chi connectivity index (χ1v) is 9.07. The van der Waals surface area contributed by atoms with Crippen molar-refractivity contribution in [1.82, 2.24) is 16.2 Å². The Morgan fingerprint density at radius 2 is 1.77 bits per heavy atom. The number of nitrogens with two attached hydrogens (primary N) is 1. The van der Waals surface area contributed by atoms with Crippen LogP contribution >= 0.6 is 11.8 Å². The van der Waals surface area contributed by atoms with Crippen LogP contribution in [-0.2, 0) is 9.59 Å². The van der Waals surface area contributed by atoms with Crippen LogP contribution in [0.5, 0.6) is 0 Å². The van der Waals surface area contributed by atoms with Crippen molar-refractivity contribution in [3.05, 3.63) is 0 Å². The van der Waals surface area contributed by atoms with Crippen LogP contribution in [0.4, 0.5) is 0 Å². The van der Waals surface area contributed by atoms with Gasteiger partial charge in [0.15, 0.2) is 0 Å². The molecule has 0 fully saturated rings. The van der Waals surface area contributed by atoms with E-state index in [9.17, 15) is 9.59 Å². The molecule has 0 aliphatic carbocycles. The summed E-state index contributed by atoms with van der Waals surface area (Å²) >= 11 is 1.68. The van der Waals surface area contributed by atoms with Gasteiger partial charge >= 0.3 is 0 Å². The standard InChI is InChI=1S/C15H32N4O2S/c1-10(2)9-12(13(16)20)17-14(21)11(7-8-22-6)18-19-15(3,4)5/h10-12,18-19H,7-9H2,1-6H3,(H2,16,20)(H,17,21)/t11-,12-/m0/s1. The van der Waals surface area contributed by atoms with Gasteiger partial charge in [0.25, 0.3) is 0 Å². The first kappa shape index (κ1) is 21.2. The minimum atomic E-state index is -0.624. The minimum absolute atomic E-state index is 0.154. The van der Waals surface area contributed by atoms with E-state index in [1.807, 2.05) is 40.9 Å². The molecule has 0 unspecified atom stereocenters. The third-order valence-corrected chi connectivity index (χ3v) is 3.56. The zero-order chi connectivity index (χ0) is 17.3. The zero-order valence-electron chi connectivity index (χ0n) is 14.7. The molecule has 2 amide bonds. The fourth-order valence-corrected chi connectivity index (χ4v) is 2.27. The maximum absolute atomic E-state index is 12.4. The topological polar surface area (TPSA) is 96.2 Å². The normalized spacial score (nSPS) is 14.7. The number of carbonyl (C=O) groups is 2. The highest BCUT2D eigenvalue weighted by Crippen LogP contribution is 2.07. The van der Waals surface area contributed by atoms with E-state index < -0.39 is 18.0 Å². The van der Waals surface area contributed by atoms with Gasteiger partial charge in [0.1, 0.15) is 12.1 Å². The van der Waals surface area contributed by atoms with E-state index in [1.54, 1.807) is 11.8 Å². The van der Waals surface area contributed by atoms with Crippen LogP contribution in [0.2, 0.25) is 0 Å². The predicted octanol–water partition coefficient (Wildman–Crippen LogP) is 1.02. The van der Waals surface area contributed by atoms with E-state index in [2.05, 4.69) is 16.2 Å². The zero-order valence-corrected chi connectivity index (χ0v) is 15.5. The lowest BCUT2D eigenvalue weighted by molar-refractivity contribution is -0.129. The van der Waals surface area contributed by atoms with Crippen LogP contribution in [0.25, 0.3) is 0 Å². The Balaban J connectivity index is 4.74. The summed E-state index contributed by atoms with van der Waals surface area (Å²) < 4.78 is 0. The Labute approximate surface area is 138 Å². The summed E-state index contributed by atoms with van der Waals surface area (Å²) in [5, 5.41) is 2.77. The molecule has 0 bridgehead atoms. The van der Waals surface area contributed by atoms with Gasteiger partial charge in [-0.05, 0) is 51.5 Å². The molecule has 22 heavy (non-hydrogen) atoms. The van der Waals surface area contributed by atoms with Gasteiger partial charge < -0.3 is 11.1 Å². The van der Waals surface area contributed by atoms with E-state index in [0.29, 0.717) is 12.8 Å². The third kappa shape index (κ3) is 10.0. The number of carbonyl (C=O) groups excluding carboxylic acids is 2. The lowest BCUT2D eigenvalue weighted by Gasteiger charge is -2.27. The number of hydrazine groups is 1. The minimum Gasteiger partial charge on any atom is -0.368 e. The first-order chi connectivity index (χ1) is 10.1. The molecule has 0 aromatic heterocycles. The highest BCUT2D eigenvalue weighted by Gasteiger charge is 2.25. The summed E-state index contributed by atoms with van der Waals surface area (Å²) in [6, 6.07) is -1.03. The summed E-state index contributed by atoms with van der Waals surface area (Å²) in [5.41, 5.74) is 11.4. The molecule has 130 valence electrons. The van der Waals surface area contributed by atoms with Crippen molar-refractivity contribution in [3.63, 3.8) is 0 Å². The molecule has 0 radical (unpaired) electrons. The third-order valence-electron chi connectivity index (χ3n) is 2.92. The van der Waals surface area contributed by atoms with Gasteiger partial charge in [-0.1, -0.05) is 13.8 Å². The van der Waals surface area contributed by atoms with E-state index in [0.717, 1.165) is 5.75 Å². The quantitative estimate of drug-likeness (QED) is 0.448. The van der Waals surface area contributed by atoms with Crippen LogP contribution in [0.15, 0.2) is 0 Å². The first-order valence-electron chi connectivity index (χ1n) is 7.68. The van der Waals surface area contributed by atoms with Crippen LogP contribution < -0.4 is 21.9 Å². The van der Waals surface area contributed by atoms with Crippen molar-refractivity contribution < 1.29 is 9.59 Å². The molecule has 6 nitrogen and oxygen atoms in total. The molecule has 0 saturated heterocycles. The summed E-state index contributed by atoms with van der Waals surface area (Å²) in [4.78, 5) is 23.9. The molecule has 0 aromatic rings. The molecule has 5 N–H and O–H groups in total. The fraction of sp³-hybridized carbons (Fsp3) is 0.867. The Kier molecular flexibility index (Phi) is 9.71. The lowest BCUT2D eigenvalue weighted by atomic mass is 10.0. The smallest absolute Gasteiger partial charge is 0.240 e. The average molecular weight is 333 g/mol. The Morgan fingerprint density at radius 1 is 1.18 bits per heavy atom. The number of hydrogen-bond acceptors (Lipinski definition) is 5. The van der Waals surface area contributed by atoms with E-state index in [1.165, 1.54) is 0 Å². The van der Waals surface area contributed by atoms with Crippen LogP contribution in [0.1, 0.15) is 47.5 Å². The van der Waals surface area contributed by atoms with Crippen LogP contribution in [0.3, 0.4) is 0 Å². The van der Waals surface area contributed by atoms with Gasteiger partial charge in [0.2, 0.25) is 11.8 Å². The highest BCUT2D eigenvalue weighted by molar-refractivity contribution is 7.98. The number of rotatable bonds is 10. The van der Waals surface area contributed by atoms with Gasteiger partial charge in [0, 0.05) is 5.54 Å². The summed E-state index contributed by atoms with van der Waals surface area (Å²) in [6.45, 7) is 10.0. The second kappa shape index (κ2) is 10.1. The van der Waals surface area contributed by atoms with Gasteiger partial charge in [-0.2, -0.15) is 11.8 Å². The van der Waals surface area contributed by atoms with Gasteiger partial charge in [-0.25, -0.2) is 5.43 Å². The van der Waals surface area contributed by atoms with Crippen molar-refractivity contribution >= 4 is 23.6 Å². The molecule has 0 saturated carbocycles. The SMILES string of the molecule is CSCC[C@H](NNC(C)(C)C)C(=O)N[C@@H](CC(C)C)C(N)=O. The predicted molar refractivity (Wildman–Crippen MR) is 93.4 cm³/mol. The molecule has 0 aliphatic rings. The second-order valence-electron chi connectivity index (χ2n) is 6.95. The number of hydrogen-bond donors (Lipinski definition) is 4. The van der Waals surface area contributed by atoms with Gasteiger partial charge in [-0.3, -0.25) is 15.0 Å². The molecule has 0 spiro atoms. The summed E-state index contributed by atoms with van der Waals surface area (Å²) in [6.07, 6.45) is 3.21. The molecule has 0 heterocycles. The second-order valence-corrected chi connectivity index (χ2v) is 7.93.